The molecule has 0 aromatic rings. The van der Waals surface area contributed by atoms with Gasteiger partial charge in [-0.3, -0.25) is 0 Å². The van der Waals surface area contributed by atoms with E-state index < -0.39 is 0 Å². The van der Waals surface area contributed by atoms with E-state index in [0.717, 1.165) is 0 Å². The number of rotatable bonds is 2. The highest BCUT2D eigenvalue weighted by Crippen LogP contribution is 2.26. The van der Waals surface area contributed by atoms with Crippen molar-refractivity contribution in [1.82, 2.24) is 4.90 Å². The molecule has 1 saturated heterocycles. The predicted molar refractivity (Wildman–Crippen MR) is 63.2 cm³/mol. The van der Waals surface area contributed by atoms with Crippen LogP contribution in [0.1, 0.15) is 40.5 Å². The van der Waals surface area contributed by atoms with E-state index in [1.54, 1.807) is 0 Å². The summed E-state index contributed by atoms with van der Waals surface area (Å²) in [7, 11) is 0. The van der Waals surface area contributed by atoms with Crippen LogP contribution in [0.4, 0.5) is 0 Å². The third kappa shape index (κ3) is 2.90. The maximum Gasteiger partial charge on any atom is 0.0292 e. The first-order chi connectivity index (χ1) is 6.41. The molecule has 0 aliphatic carbocycles. The van der Waals surface area contributed by atoms with Crippen LogP contribution >= 0.6 is 0 Å². The Hall–Kier alpha value is -0.720. The normalized spacial score (nSPS) is 18.9. The summed E-state index contributed by atoms with van der Waals surface area (Å²) in [6.45, 7) is 15.4. The van der Waals surface area contributed by atoms with Gasteiger partial charge in [-0.1, -0.05) is 32.9 Å². The van der Waals surface area contributed by atoms with Crippen molar-refractivity contribution < 1.29 is 0 Å². The first-order valence-corrected chi connectivity index (χ1v) is 5.54. The third-order valence-corrected chi connectivity index (χ3v) is 3.08. The van der Waals surface area contributed by atoms with Gasteiger partial charge in [-0.15, -0.1) is 0 Å². The average molecular weight is 193 g/mol. The molecule has 0 N–H and O–H groups in total. The Labute approximate surface area is 88.5 Å². The summed E-state index contributed by atoms with van der Waals surface area (Å²) in [6.07, 6.45) is 4.88. The van der Waals surface area contributed by atoms with E-state index in [-0.39, 0.29) is 5.41 Å². The molecule has 1 fully saturated rings. The Kier molecular flexibility index (Phi) is 3.41. The molecule has 1 nitrogen and oxygen atoms in total. The van der Waals surface area contributed by atoms with Crippen LogP contribution in [0.25, 0.3) is 0 Å². The van der Waals surface area contributed by atoms with Crippen LogP contribution in [0.2, 0.25) is 0 Å². The molecule has 0 spiro atoms. The van der Waals surface area contributed by atoms with Gasteiger partial charge in [0.25, 0.3) is 0 Å². The van der Waals surface area contributed by atoms with Gasteiger partial charge in [0, 0.05) is 18.8 Å². The molecule has 80 valence electrons. The number of hydrogen-bond donors (Lipinski definition) is 0. The van der Waals surface area contributed by atoms with Gasteiger partial charge in [0.1, 0.15) is 0 Å². The van der Waals surface area contributed by atoms with E-state index >= 15 is 0 Å². The molecule has 1 rings (SSSR count). The molecule has 1 heterocycles. The molecule has 0 saturated carbocycles. The van der Waals surface area contributed by atoms with Crippen LogP contribution < -0.4 is 0 Å². The number of nitrogens with zero attached hydrogens (tertiary/aromatic N) is 1. The molecular weight excluding hydrogens is 170 g/mol. The Bertz CT molecular complexity index is 236. The zero-order valence-corrected chi connectivity index (χ0v) is 10.1. The van der Waals surface area contributed by atoms with Gasteiger partial charge in [-0.25, -0.2) is 0 Å². The summed E-state index contributed by atoms with van der Waals surface area (Å²) < 4.78 is 0. The fourth-order valence-corrected chi connectivity index (χ4v) is 1.56. The van der Waals surface area contributed by atoms with Crippen molar-refractivity contribution in [1.29, 1.82) is 0 Å². The van der Waals surface area contributed by atoms with Gasteiger partial charge in [0.2, 0.25) is 0 Å². The smallest absolute Gasteiger partial charge is 0.0292 e. The Morgan fingerprint density at radius 1 is 1.21 bits per heavy atom. The van der Waals surface area contributed by atoms with Crippen LogP contribution in [0.3, 0.4) is 0 Å². The molecule has 0 atom stereocenters. The van der Waals surface area contributed by atoms with Gasteiger partial charge in [0.05, 0.1) is 0 Å². The van der Waals surface area contributed by atoms with Gasteiger partial charge in [-0.2, -0.15) is 0 Å². The maximum absolute atomic E-state index is 4.14. The summed E-state index contributed by atoms with van der Waals surface area (Å²) in [5.74, 6) is 0. The highest BCUT2D eigenvalue weighted by Gasteiger charge is 2.15. The predicted octanol–water partition coefficient (Wildman–Crippen LogP) is 3.59. The quantitative estimate of drug-likeness (QED) is 0.606. The second-order valence-corrected chi connectivity index (χ2v) is 5.26. The summed E-state index contributed by atoms with van der Waals surface area (Å²) >= 11 is 0. The minimum Gasteiger partial charge on any atom is -0.372 e. The molecule has 14 heavy (non-hydrogen) atoms. The van der Waals surface area contributed by atoms with Crippen molar-refractivity contribution >= 4 is 0 Å². The third-order valence-electron chi connectivity index (χ3n) is 3.08. The first kappa shape index (κ1) is 11.4. The second kappa shape index (κ2) is 4.20. The van der Waals surface area contributed by atoms with Crippen LogP contribution in [0.15, 0.2) is 23.9 Å². The van der Waals surface area contributed by atoms with E-state index in [0.29, 0.717) is 0 Å². The molecule has 0 aromatic heterocycles. The minimum atomic E-state index is 0.267. The summed E-state index contributed by atoms with van der Waals surface area (Å²) in [4.78, 5) is 2.38. The van der Waals surface area contributed by atoms with Crippen molar-refractivity contribution in [2.24, 2.45) is 5.41 Å². The lowest BCUT2D eigenvalue weighted by molar-refractivity contribution is 0.436. The lowest BCUT2D eigenvalue weighted by atomic mass is 9.87. The highest BCUT2D eigenvalue weighted by atomic mass is 15.1. The summed E-state index contributed by atoms with van der Waals surface area (Å²) in [6, 6.07) is 0. The van der Waals surface area contributed by atoms with Crippen LogP contribution in [0.5, 0.6) is 0 Å². The van der Waals surface area contributed by atoms with E-state index in [4.69, 9.17) is 0 Å². The molecule has 0 bridgehead atoms. The lowest BCUT2D eigenvalue weighted by Crippen LogP contribution is -2.17. The van der Waals surface area contributed by atoms with Crippen molar-refractivity contribution in [3.8, 4) is 0 Å². The zero-order valence-electron chi connectivity index (χ0n) is 10.1. The van der Waals surface area contributed by atoms with Gasteiger partial charge >= 0.3 is 0 Å². The van der Waals surface area contributed by atoms with E-state index in [1.165, 1.54) is 37.2 Å². The van der Waals surface area contributed by atoms with E-state index in [2.05, 4.69) is 45.2 Å². The first-order valence-electron chi connectivity index (χ1n) is 5.54. The monoisotopic (exact) mass is 193 g/mol. The average Bonchev–Trinajstić information content (AvgIpc) is 2.53. The molecule has 0 unspecified atom stereocenters. The van der Waals surface area contributed by atoms with Gasteiger partial charge in [0.15, 0.2) is 0 Å². The lowest BCUT2D eigenvalue weighted by Gasteiger charge is -2.23. The highest BCUT2D eigenvalue weighted by molar-refractivity contribution is 5.22. The fraction of sp³-hybridized carbons (Fsp3) is 0.692. The number of likely N-dealkylation sites (tertiary alicyclic amines) is 1. The molecule has 1 aliphatic heterocycles. The molecule has 0 aromatic carbocycles. The Balaban J connectivity index is 2.62. The second-order valence-electron chi connectivity index (χ2n) is 5.26. The SMILES string of the molecule is C=C(/C=C(\C)C(C)(C)C)N1CCCC1. The minimum absolute atomic E-state index is 0.267. The van der Waals surface area contributed by atoms with Crippen molar-refractivity contribution in [3.05, 3.63) is 23.9 Å². The van der Waals surface area contributed by atoms with Crippen LogP contribution in [0, 0.1) is 5.41 Å². The van der Waals surface area contributed by atoms with Gasteiger partial charge < -0.3 is 4.90 Å². The summed E-state index contributed by atoms with van der Waals surface area (Å²) in [5.41, 5.74) is 2.87. The van der Waals surface area contributed by atoms with Crippen molar-refractivity contribution in [3.63, 3.8) is 0 Å². The zero-order chi connectivity index (χ0) is 10.8. The van der Waals surface area contributed by atoms with Crippen LogP contribution in [-0.4, -0.2) is 18.0 Å². The van der Waals surface area contributed by atoms with Gasteiger partial charge in [-0.05, 0) is 31.3 Å². The Morgan fingerprint density at radius 3 is 2.14 bits per heavy atom. The standard InChI is InChI=1S/C13H23N/c1-11(13(3,4)5)10-12(2)14-8-6-7-9-14/h10H,2,6-9H2,1,3-5H3/b11-10+. The van der Waals surface area contributed by atoms with E-state index in [1.807, 2.05) is 0 Å². The largest absolute Gasteiger partial charge is 0.372 e. The molecular formula is C13H23N. The van der Waals surface area contributed by atoms with E-state index in [9.17, 15) is 0 Å². The molecule has 1 heteroatoms. The topological polar surface area (TPSA) is 3.24 Å². The van der Waals surface area contributed by atoms with Crippen LogP contribution in [-0.2, 0) is 0 Å². The molecule has 0 radical (unpaired) electrons. The summed E-state index contributed by atoms with van der Waals surface area (Å²) in [5, 5.41) is 0. The van der Waals surface area contributed by atoms with Crippen molar-refractivity contribution in [2.75, 3.05) is 13.1 Å². The molecule has 1 aliphatic rings. The molecule has 0 amide bonds. The fourth-order valence-electron chi connectivity index (χ4n) is 1.56. The maximum atomic E-state index is 4.14. The Morgan fingerprint density at radius 2 is 1.71 bits per heavy atom. The number of hydrogen-bond acceptors (Lipinski definition) is 1. The number of allylic oxidation sites excluding steroid dienone is 2. The van der Waals surface area contributed by atoms with Crippen molar-refractivity contribution in [2.45, 2.75) is 40.5 Å².